The molecule has 0 aromatic carbocycles. The molecule has 0 radical (unpaired) electrons. The summed E-state index contributed by atoms with van der Waals surface area (Å²) in [7, 11) is 0. The standard InChI is InChI=1S/C14H16BrClN2S/c1-2-5-17-13(8-11-7-10(15)9-19-11)14-12(16)4-3-6-18-14/h3-4,6-7,9,13,17H,2,5,8H2,1H3. The number of hydrogen-bond donors (Lipinski definition) is 1. The van der Waals surface area contributed by atoms with Gasteiger partial charge in [0, 0.05) is 27.3 Å². The van der Waals surface area contributed by atoms with Gasteiger partial charge in [0.25, 0.3) is 0 Å². The zero-order valence-corrected chi connectivity index (χ0v) is 13.9. The van der Waals surface area contributed by atoms with Crippen LogP contribution in [0, 0.1) is 0 Å². The summed E-state index contributed by atoms with van der Waals surface area (Å²) in [6.45, 7) is 3.12. The lowest BCUT2D eigenvalue weighted by atomic mass is 10.1. The van der Waals surface area contributed by atoms with E-state index in [0.29, 0.717) is 0 Å². The van der Waals surface area contributed by atoms with E-state index in [9.17, 15) is 0 Å². The molecule has 19 heavy (non-hydrogen) atoms. The van der Waals surface area contributed by atoms with Gasteiger partial charge in [-0.3, -0.25) is 4.98 Å². The lowest BCUT2D eigenvalue weighted by molar-refractivity contribution is 0.521. The monoisotopic (exact) mass is 358 g/mol. The first-order valence-corrected chi connectivity index (χ1v) is 8.32. The van der Waals surface area contributed by atoms with Crippen LogP contribution >= 0.6 is 38.9 Å². The van der Waals surface area contributed by atoms with Crippen molar-refractivity contribution < 1.29 is 0 Å². The molecule has 0 aliphatic carbocycles. The predicted octanol–water partition coefficient (Wildman–Crippen LogP) is 4.84. The lowest BCUT2D eigenvalue weighted by Crippen LogP contribution is -2.25. The van der Waals surface area contributed by atoms with Crippen molar-refractivity contribution >= 4 is 38.9 Å². The van der Waals surface area contributed by atoms with Crippen molar-refractivity contribution in [1.29, 1.82) is 0 Å². The molecule has 102 valence electrons. The molecule has 0 fully saturated rings. The number of halogens is 2. The average Bonchev–Trinajstić information content (AvgIpc) is 2.81. The van der Waals surface area contributed by atoms with Crippen molar-refractivity contribution in [2.75, 3.05) is 6.54 Å². The third-order valence-electron chi connectivity index (χ3n) is 2.78. The third-order valence-corrected chi connectivity index (χ3v) is 4.82. The maximum absolute atomic E-state index is 6.26. The second-order valence-electron chi connectivity index (χ2n) is 4.31. The van der Waals surface area contributed by atoms with E-state index in [0.717, 1.165) is 34.6 Å². The van der Waals surface area contributed by atoms with Gasteiger partial charge >= 0.3 is 0 Å². The molecule has 0 spiro atoms. The van der Waals surface area contributed by atoms with Crippen molar-refractivity contribution in [2.24, 2.45) is 0 Å². The van der Waals surface area contributed by atoms with Crippen LogP contribution in [0.5, 0.6) is 0 Å². The van der Waals surface area contributed by atoms with Gasteiger partial charge in [-0.05, 0) is 47.1 Å². The fraction of sp³-hybridized carbons (Fsp3) is 0.357. The van der Waals surface area contributed by atoms with Crippen LogP contribution in [0.4, 0.5) is 0 Å². The number of hydrogen-bond acceptors (Lipinski definition) is 3. The molecule has 0 aliphatic heterocycles. The van der Waals surface area contributed by atoms with Crippen LogP contribution in [-0.2, 0) is 6.42 Å². The number of rotatable bonds is 6. The zero-order chi connectivity index (χ0) is 13.7. The van der Waals surface area contributed by atoms with Crippen LogP contribution in [0.25, 0.3) is 0 Å². The summed E-state index contributed by atoms with van der Waals surface area (Å²) in [5.74, 6) is 0. The van der Waals surface area contributed by atoms with Gasteiger partial charge in [-0.25, -0.2) is 0 Å². The summed E-state index contributed by atoms with van der Waals surface area (Å²) >= 11 is 11.5. The molecule has 2 aromatic rings. The maximum atomic E-state index is 6.26. The van der Waals surface area contributed by atoms with Crippen molar-refractivity contribution in [1.82, 2.24) is 10.3 Å². The number of nitrogens with one attached hydrogen (secondary N) is 1. The van der Waals surface area contributed by atoms with E-state index < -0.39 is 0 Å². The van der Waals surface area contributed by atoms with Gasteiger partial charge in [-0.1, -0.05) is 18.5 Å². The molecule has 0 bridgehead atoms. The topological polar surface area (TPSA) is 24.9 Å². The molecular weight excluding hydrogens is 344 g/mol. The minimum Gasteiger partial charge on any atom is -0.308 e. The van der Waals surface area contributed by atoms with Gasteiger partial charge in [-0.15, -0.1) is 11.3 Å². The van der Waals surface area contributed by atoms with Gasteiger partial charge in [0.2, 0.25) is 0 Å². The Bertz CT molecular complexity index is 530. The zero-order valence-electron chi connectivity index (χ0n) is 10.7. The minimum absolute atomic E-state index is 0.166. The summed E-state index contributed by atoms with van der Waals surface area (Å²) < 4.78 is 1.13. The largest absolute Gasteiger partial charge is 0.308 e. The van der Waals surface area contributed by atoms with E-state index in [-0.39, 0.29) is 6.04 Å². The molecule has 0 aliphatic rings. The SMILES string of the molecule is CCCNC(Cc1cc(Br)cs1)c1ncccc1Cl. The van der Waals surface area contributed by atoms with Crippen LogP contribution in [0.15, 0.2) is 34.2 Å². The number of thiophene rings is 1. The highest BCUT2D eigenvalue weighted by Gasteiger charge is 2.16. The molecule has 2 aromatic heterocycles. The highest BCUT2D eigenvalue weighted by molar-refractivity contribution is 9.10. The van der Waals surface area contributed by atoms with Crippen LogP contribution in [0.3, 0.4) is 0 Å². The molecule has 2 heterocycles. The first kappa shape index (κ1) is 15.0. The van der Waals surface area contributed by atoms with E-state index in [1.807, 2.05) is 12.1 Å². The van der Waals surface area contributed by atoms with Gasteiger partial charge in [0.1, 0.15) is 0 Å². The molecule has 2 rings (SSSR count). The van der Waals surface area contributed by atoms with Crippen molar-refractivity contribution in [2.45, 2.75) is 25.8 Å². The Morgan fingerprint density at radius 3 is 3.00 bits per heavy atom. The normalized spacial score (nSPS) is 12.6. The molecule has 5 heteroatoms. The summed E-state index contributed by atoms with van der Waals surface area (Å²) in [6, 6.07) is 6.08. The van der Waals surface area contributed by atoms with Gasteiger partial charge in [-0.2, -0.15) is 0 Å². The van der Waals surface area contributed by atoms with E-state index in [4.69, 9.17) is 11.6 Å². The van der Waals surface area contributed by atoms with Crippen LogP contribution in [0.2, 0.25) is 5.02 Å². The summed E-state index contributed by atoms with van der Waals surface area (Å²) in [5, 5.41) is 6.36. The molecule has 1 N–H and O–H groups in total. The summed E-state index contributed by atoms with van der Waals surface area (Å²) in [4.78, 5) is 5.75. The maximum Gasteiger partial charge on any atom is 0.0762 e. The quantitative estimate of drug-likeness (QED) is 0.798. The highest BCUT2D eigenvalue weighted by Crippen LogP contribution is 2.27. The molecule has 0 amide bonds. The Hall–Kier alpha value is -0.420. The molecule has 0 saturated carbocycles. The first-order chi connectivity index (χ1) is 9.20. The van der Waals surface area contributed by atoms with E-state index in [1.54, 1.807) is 17.5 Å². The van der Waals surface area contributed by atoms with Crippen LogP contribution in [0.1, 0.15) is 30.0 Å². The van der Waals surface area contributed by atoms with Crippen molar-refractivity contribution in [3.05, 3.63) is 49.8 Å². The smallest absolute Gasteiger partial charge is 0.0762 e. The van der Waals surface area contributed by atoms with Crippen molar-refractivity contribution in [3.63, 3.8) is 0 Å². The second kappa shape index (κ2) is 7.39. The average molecular weight is 360 g/mol. The summed E-state index contributed by atoms with van der Waals surface area (Å²) in [5.41, 5.74) is 0.933. The predicted molar refractivity (Wildman–Crippen MR) is 86.0 cm³/mol. The molecule has 2 nitrogen and oxygen atoms in total. The van der Waals surface area contributed by atoms with Crippen molar-refractivity contribution in [3.8, 4) is 0 Å². The van der Waals surface area contributed by atoms with Crippen LogP contribution in [-0.4, -0.2) is 11.5 Å². The molecule has 1 unspecified atom stereocenters. The fourth-order valence-electron chi connectivity index (χ4n) is 1.90. The minimum atomic E-state index is 0.166. The van der Waals surface area contributed by atoms with E-state index >= 15 is 0 Å². The van der Waals surface area contributed by atoms with Crippen LogP contribution < -0.4 is 5.32 Å². The number of aromatic nitrogens is 1. The Balaban J connectivity index is 2.18. The molecule has 0 saturated heterocycles. The summed E-state index contributed by atoms with van der Waals surface area (Å²) in [6.07, 6.45) is 3.80. The first-order valence-electron chi connectivity index (χ1n) is 6.27. The Labute approximate surface area is 131 Å². The molecule has 1 atom stereocenters. The van der Waals surface area contributed by atoms with Gasteiger partial charge in [0.05, 0.1) is 16.8 Å². The molecular formula is C14H16BrClN2S. The Morgan fingerprint density at radius 2 is 2.37 bits per heavy atom. The number of nitrogens with zero attached hydrogens (tertiary/aromatic N) is 1. The number of pyridine rings is 1. The lowest BCUT2D eigenvalue weighted by Gasteiger charge is -2.18. The Kier molecular flexibility index (Phi) is 5.82. The fourth-order valence-corrected chi connectivity index (χ4v) is 3.65. The third kappa shape index (κ3) is 4.28. The second-order valence-corrected chi connectivity index (χ2v) is 6.63. The van der Waals surface area contributed by atoms with E-state index in [1.165, 1.54) is 4.88 Å². The van der Waals surface area contributed by atoms with Gasteiger partial charge < -0.3 is 5.32 Å². The van der Waals surface area contributed by atoms with Gasteiger partial charge in [0.15, 0.2) is 0 Å². The Morgan fingerprint density at radius 1 is 1.53 bits per heavy atom. The highest BCUT2D eigenvalue weighted by atomic mass is 79.9. The van der Waals surface area contributed by atoms with E-state index in [2.05, 4.69) is 44.6 Å².